The van der Waals surface area contributed by atoms with E-state index in [4.69, 9.17) is 11.6 Å². The van der Waals surface area contributed by atoms with E-state index in [0.29, 0.717) is 0 Å². The van der Waals surface area contributed by atoms with Gasteiger partial charge in [-0.1, -0.05) is 100 Å². The normalized spacial score (nSPS) is 11.5. The minimum absolute atomic E-state index is 0.827. The van der Waals surface area contributed by atoms with Gasteiger partial charge in [0.05, 0.1) is 14.1 Å². The summed E-state index contributed by atoms with van der Waals surface area (Å²) >= 11 is 17.9. The monoisotopic (exact) mass is 820 g/mol. The van der Waals surface area contributed by atoms with Crippen molar-refractivity contribution in [1.82, 2.24) is 0 Å². The summed E-state index contributed by atoms with van der Waals surface area (Å²) in [5, 5.41) is 0. The van der Waals surface area contributed by atoms with Crippen LogP contribution in [-0.2, 0) is 19.3 Å². The van der Waals surface area contributed by atoms with E-state index in [1.165, 1.54) is 119 Å². The van der Waals surface area contributed by atoms with Gasteiger partial charge >= 0.3 is 0 Å². The van der Waals surface area contributed by atoms with E-state index in [1.807, 2.05) is 56.7 Å². The molecule has 0 aliphatic heterocycles. The molecule has 0 amide bonds. The first-order chi connectivity index (χ1) is 26.0. The fourth-order valence-electron chi connectivity index (χ4n) is 6.67. The van der Waals surface area contributed by atoms with Crippen LogP contribution in [0.25, 0.3) is 71.0 Å². The maximum Gasteiger partial charge on any atom is 0.0941 e. The topological polar surface area (TPSA) is 0 Å². The highest BCUT2D eigenvalue weighted by Gasteiger charge is 2.19. The Labute approximate surface area is 343 Å². The highest BCUT2D eigenvalue weighted by atomic mass is 35.5. The molecule has 7 heteroatoms. The maximum absolute atomic E-state index is 6.61. The van der Waals surface area contributed by atoms with Crippen molar-refractivity contribution in [3.8, 4) is 71.0 Å². The van der Waals surface area contributed by atoms with Gasteiger partial charge in [-0.3, -0.25) is 0 Å². The van der Waals surface area contributed by atoms with Crippen LogP contribution in [0.1, 0.15) is 62.5 Å². The summed E-state index contributed by atoms with van der Waals surface area (Å²) < 4.78 is 0.827. The van der Waals surface area contributed by atoms with Gasteiger partial charge in [0, 0.05) is 55.0 Å². The summed E-state index contributed by atoms with van der Waals surface area (Å²) in [6.45, 7) is 6.71. The Bertz CT molecular complexity index is 2420. The lowest BCUT2D eigenvalue weighted by Crippen LogP contribution is -1.81. The second kappa shape index (κ2) is 16.7. The predicted molar refractivity (Wildman–Crippen MR) is 243 cm³/mol. The average molecular weight is 822 g/mol. The third-order valence-electron chi connectivity index (χ3n) is 9.71. The van der Waals surface area contributed by atoms with E-state index in [0.717, 1.165) is 17.2 Å². The summed E-state index contributed by atoms with van der Waals surface area (Å²) in [6.07, 6.45) is 8.51. The van der Waals surface area contributed by atoms with Gasteiger partial charge < -0.3 is 0 Å². The van der Waals surface area contributed by atoms with Crippen molar-refractivity contribution in [2.45, 2.75) is 65.7 Å². The number of hydrogen-bond donors (Lipinski definition) is 0. The third kappa shape index (κ3) is 8.16. The lowest BCUT2D eigenvalue weighted by Gasteiger charge is -2.04. The molecule has 0 saturated carbocycles. The van der Waals surface area contributed by atoms with E-state index in [-0.39, 0.29) is 0 Å². The van der Waals surface area contributed by atoms with E-state index in [1.54, 1.807) is 11.3 Å². The first-order valence-electron chi connectivity index (χ1n) is 18.5. The van der Waals surface area contributed by atoms with Crippen LogP contribution in [0.3, 0.4) is 0 Å². The van der Waals surface area contributed by atoms with Crippen LogP contribution in [0.4, 0.5) is 0 Å². The zero-order valence-corrected chi connectivity index (χ0v) is 35.8. The molecule has 0 N–H and O–H groups in total. The summed E-state index contributed by atoms with van der Waals surface area (Å²) in [6, 6.07) is 41.2. The molecule has 6 aromatic heterocycles. The molecule has 8 rings (SSSR count). The van der Waals surface area contributed by atoms with E-state index < -0.39 is 0 Å². The number of benzene rings is 2. The Morgan fingerprint density at radius 2 is 0.887 bits per heavy atom. The van der Waals surface area contributed by atoms with Gasteiger partial charge in [-0.25, -0.2) is 0 Å². The molecule has 0 aliphatic rings. The maximum atomic E-state index is 6.61. The number of hydrogen-bond acceptors (Lipinski definition) is 6. The van der Waals surface area contributed by atoms with E-state index >= 15 is 0 Å². The van der Waals surface area contributed by atoms with Crippen LogP contribution in [0, 0.1) is 0 Å². The van der Waals surface area contributed by atoms with Crippen LogP contribution in [0.5, 0.6) is 0 Å². The third-order valence-corrected chi connectivity index (χ3v) is 17.5. The van der Waals surface area contributed by atoms with Gasteiger partial charge in [-0.15, -0.1) is 68.0 Å². The fraction of sp³-hybridized carbons (Fsp3) is 0.217. The van der Waals surface area contributed by atoms with Crippen molar-refractivity contribution in [2.75, 3.05) is 0 Å². The van der Waals surface area contributed by atoms with Crippen LogP contribution in [0.15, 0.2) is 109 Å². The molecular weight excluding hydrogens is 780 g/mol. The molecule has 8 aromatic rings. The lowest BCUT2D eigenvalue weighted by molar-refractivity contribution is 0.670. The van der Waals surface area contributed by atoms with Crippen molar-refractivity contribution in [3.63, 3.8) is 0 Å². The molecule has 2 aromatic carbocycles. The summed E-state index contributed by atoms with van der Waals surface area (Å²) in [5.74, 6) is 0. The Morgan fingerprint density at radius 3 is 1.43 bits per heavy atom. The summed E-state index contributed by atoms with van der Waals surface area (Å²) in [7, 11) is 0. The molecule has 0 fully saturated rings. The Balaban J connectivity index is 1.06. The standard InChI is InChI=1S/C46H41ClS6/c1-4-7-8-9-10-33-19-20-40(48-33)43-27-34(31-15-11-29(5-2)12-16-31)45(52-43)41-25-23-38(50-41)36-21-22-37(49-36)39-24-26-42(51-39)46-35(28-44(47)53-46)32-17-13-30(6-3)14-18-32/h11-28H,4-10H2,1-3H3. The van der Waals surface area contributed by atoms with Gasteiger partial charge in [0.2, 0.25) is 0 Å². The zero-order valence-electron chi connectivity index (χ0n) is 30.2. The van der Waals surface area contributed by atoms with Crippen molar-refractivity contribution in [1.29, 1.82) is 0 Å². The molecule has 53 heavy (non-hydrogen) atoms. The minimum atomic E-state index is 0.827. The molecule has 0 atom stereocenters. The first-order valence-corrected chi connectivity index (χ1v) is 23.8. The molecule has 0 unspecified atom stereocenters. The highest BCUT2D eigenvalue weighted by Crippen LogP contribution is 2.50. The minimum Gasteiger partial charge on any atom is -0.139 e. The van der Waals surface area contributed by atoms with Crippen LogP contribution < -0.4 is 0 Å². The second-order valence-electron chi connectivity index (χ2n) is 13.3. The van der Waals surface area contributed by atoms with Gasteiger partial charge in [-0.2, -0.15) is 0 Å². The van der Waals surface area contributed by atoms with Gasteiger partial charge in [0.15, 0.2) is 0 Å². The van der Waals surface area contributed by atoms with Gasteiger partial charge in [0.1, 0.15) is 0 Å². The molecule has 6 heterocycles. The van der Waals surface area contributed by atoms with E-state index in [9.17, 15) is 0 Å². The molecule has 268 valence electrons. The van der Waals surface area contributed by atoms with Gasteiger partial charge in [0.25, 0.3) is 0 Å². The smallest absolute Gasteiger partial charge is 0.0941 e. The lowest BCUT2D eigenvalue weighted by atomic mass is 10.0. The van der Waals surface area contributed by atoms with Crippen molar-refractivity contribution in [2.24, 2.45) is 0 Å². The Morgan fingerprint density at radius 1 is 0.415 bits per heavy atom. The fourth-order valence-corrected chi connectivity index (χ4v) is 13.7. The van der Waals surface area contributed by atoms with Gasteiger partial charge in [-0.05, 0) is 109 Å². The Kier molecular flexibility index (Phi) is 11.7. The SMILES string of the molecule is CCCCCCc1ccc(-c2cc(-c3ccc(CC)cc3)c(-c3ccc(-c4ccc(-c5ccc(-c6sc(Cl)cc6-c6ccc(CC)cc6)s5)s4)s3)s2)s1. The first kappa shape index (κ1) is 36.9. The van der Waals surface area contributed by atoms with Crippen molar-refractivity contribution < 1.29 is 0 Å². The quantitative estimate of drug-likeness (QED) is 0.0959. The molecule has 0 radical (unpaired) electrons. The number of aryl methyl sites for hydroxylation is 3. The predicted octanol–water partition coefficient (Wildman–Crippen LogP) is 17.6. The molecule has 0 bridgehead atoms. The van der Waals surface area contributed by atoms with E-state index in [2.05, 4.69) is 130 Å². The van der Waals surface area contributed by atoms with Crippen LogP contribution in [0.2, 0.25) is 4.34 Å². The number of halogens is 1. The molecule has 0 aliphatic carbocycles. The second-order valence-corrected chi connectivity index (χ2v) is 20.5. The number of thiophene rings is 6. The largest absolute Gasteiger partial charge is 0.139 e. The molecular formula is C46H41ClS6. The van der Waals surface area contributed by atoms with Crippen LogP contribution >= 0.6 is 79.6 Å². The molecule has 0 spiro atoms. The van der Waals surface area contributed by atoms with Crippen molar-refractivity contribution in [3.05, 3.63) is 130 Å². The summed E-state index contributed by atoms with van der Waals surface area (Å²) in [4.78, 5) is 14.7. The summed E-state index contributed by atoms with van der Waals surface area (Å²) in [5.41, 5.74) is 7.80. The highest BCUT2D eigenvalue weighted by molar-refractivity contribution is 7.31. The number of unbranched alkanes of at least 4 members (excludes halogenated alkanes) is 3. The zero-order chi connectivity index (χ0) is 36.3. The average Bonchev–Trinajstić information content (AvgIpc) is 4.04. The Hall–Kier alpha value is -3.07. The molecule has 0 saturated heterocycles. The van der Waals surface area contributed by atoms with Crippen molar-refractivity contribution >= 4 is 79.6 Å². The van der Waals surface area contributed by atoms with Crippen LogP contribution in [-0.4, -0.2) is 0 Å². The molecule has 0 nitrogen and oxygen atoms in total. The number of rotatable bonds is 14.